The molecule has 0 aliphatic carbocycles. The molecule has 0 aromatic heterocycles. The third kappa shape index (κ3) is 6.90. The maximum atomic E-state index is 12.2. The summed E-state index contributed by atoms with van der Waals surface area (Å²) in [6.07, 6.45) is 2.06. The van der Waals surface area contributed by atoms with E-state index in [1.54, 1.807) is 32.5 Å². The van der Waals surface area contributed by atoms with Gasteiger partial charge in [0.2, 0.25) is 0 Å². The van der Waals surface area contributed by atoms with Gasteiger partial charge in [-0.05, 0) is 51.6 Å². The van der Waals surface area contributed by atoms with E-state index >= 15 is 0 Å². The Morgan fingerprint density at radius 1 is 1.24 bits per heavy atom. The van der Waals surface area contributed by atoms with E-state index in [-0.39, 0.29) is 12.3 Å². The number of hydrogen-bond donors (Lipinski definition) is 1. The molecule has 0 saturated carbocycles. The smallest absolute Gasteiger partial charge is 0.193 e. The zero-order chi connectivity index (χ0) is 19.1. The van der Waals surface area contributed by atoms with Crippen LogP contribution in [0.2, 0.25) is 0 Å². The van der Waals surface area contributed by atoms with Gasteiger partial charge in [-0.3, -0.25) is 4.99 Å². The van der Waals surface area contributed by atoms with Crippen LogP contribution in [0, 0.1) is 0 Å². The Kier molecular flexibility index (Phi) is 8.28. The van der Waals surface area contributed by atoms with E-state index in [4.69, 9.17) is 0 Å². The zero-order valence-electron chi connectivity index (χ0n) is 16.2. The molecular formula is C18H31N3O2S2. The minimum absolute atomic E-state index is 0.0572. The number of aliphatic imine (C=N–C) groups is 1. The maximum absolute atomic E-state index is 12.2. The lowest BCUT2D eigenvalue weighted by Gasteiger charge is -2.23. The van der Waals surface area contributed by atoms with Gasteiger partial charge in [0.15, 0.2) is 15.8 Å². The molecule has 0 amide bonds. The van der Waals surface area contributed by atoms with Gasteiger partial charge in [0.25, 0.3) is 0 Å². The summed E-state index contributed by atoms with van der Waals surface area (Å²) in [5.41, 5.74) is 1.19. The van der Waals surface area contributed by atoms with Crippen LogP contribution in [-0.4, -0.2) is 56.2 Å². The molecule has 142 valence electrons. The number of sulfone groups is 1. The van der Waals surface area contributed by atoms with Crippen molar-refractivity contribution in [2.24, 2.45) is 4.99 Å². The SMILES string of the molecule is CCNC(=NCCS(=O)(=O)C(C)(C)C)N(C)Cc1ccc(SC)cc1. The molecule has 0 unspecified atom stereocenters. The molecule has 25 heavy (non-hydrogen) atoms. The first-order chi connectivity index (χ1) is 11.6. The number of benzene rings is 1. The van der Waals surface area contributed by atoms with Crippen LogP contribution >= 0.6 is 11.8 Å². The first-order valence-electron chi connectivity index (χ1n) is 8.45. The molecule has 0 aliphatic rings. The van der Waals surface area contributed by atoms with Crippen molar-refractivity contribution in [3.05, 3.63) is 29.8 Å². The van der Waals surface area contributed by atoms with Gasteiger partial charge in [-0.2, -0.15) is 0 Å². The Labute approximate surface area is 157 Å². The van der Waals surface area contributed by atoms with Crippen LogP contribution in [-0.2, 0) is 16.4 Å². The van der Waals surface area contributed by atoms with Crippen molar-refractivity contribution in [2.75, 3.05) is 32.1 Å². The molecule has 0 radical (unpaired) electrons. The number of hydrogen-bond acceptors (Lipinski definition) is 4. The lowest BCUT2D eigenvalue weighted by Crippen LogP contribution is -2.39. The van der Waals surface area contributed by atoms with Crippen molar-refractivity contribution in [1.29, 1.82) is 0 Å². The van der Waals surface area contributed by atoms with Crippen LogP contribution in [0.5, 0.6) is 0 Å². The van der Waals surface area contributed by atoms with Crippen molar-refractivity contribution < 1.29 is 8.42 Å². The van der Waals surface area contributed by atoms with E-state index in [0.717, 1.165) is 12.5 Å². The normalized spacial score (nSPS) is 13.0. The molecular weight excluding hydrogens is 354 g/mol. The van der Waals surface area contributed by atoms with E-state index in [0.29, 0.717) is 6.54 Å². The first kappa shape index (κ1) is 21.8. The first-order valence-corrected chi connectivity index (χ1v) is 11.3. The summed E-state index contributed by atoms with van der Waals surface area (Å²) in [5, 5.41) is 3.23. The number of thioether (sulfide) groups is 1. The summed E-state index contributed by atoms with van der Waals surface area (Å²) in [5.74, 6) is 0.780. The quantitative estimate of drug-likeness (QED) is 0.444. The molecule has 0 spiro atoms. The van der Waals surface area contributed by atoms with Crippen LogP contribution in [0.25, 0.3) is 0 Å². The van der Waals surface area contributed by atoms with Gasteiger partial charge in [-0.15, -0.1) is 11.8 Å². The van der Waals surface area contributed by atoms with Crippen molar-refractivity contribution in [2.45, 2.75) is 43.9 Å². The summed E-state index contributed by atoms with van der Waals surface area (Å²) in [6, 6.07) is 8.42. The standard InChI is InChI=1S/C18H31N3O2S2/c1-7-19-17(20-12-13-25(22,23)18(2,3)4)21(5)14-15-8-10-16(24-6)11-9-15/h8-11H,7,12-14H2,1-6H3,(H,19,20). The molecule has 0 saturated heterocycles. The summed E-state index contributed by atoms with van der Waals surface area (Å²) in [7, 11) is -1.20. The van der Waals surface area contributed by atoms with Gasteiger partial charge in [0.1, 0.15) is 0 Å². The Balaban J connectivity index is 2.76. The van der Waals surface area contributed by atoms with Crippen molar-refractivity contribution in [3.8, 4) is 0 Å². The molecule has 0 aliphatic heterocycles. The molecule has 7 heteroatoms. The Morgan fingerprint density at radius 2 is 1.84 bits per heavy atom. The fourth-order valence-electron chi connectivity index (χ4n) is 2.13. The Hall–Kier alpha value is -1.21. The molecule has 0 fully saturated rings. The third-order valence-electron chi connectivity index (χ3n) is 3.83. The second kappa shape index (κ2) is 9.48. The Morgan fingerprint density at radius 3 is 2.32 bits per heavy atom. The molecule has 5 nitrogen and oxygen atoms in total. The number of rotatable bonds is 7. The van der Waals surface area contributed by atoms with Crippen LogP contribution in [0.3, 0.4) is 0 Å². The minimum atomic E-state index is -3.16. The summed E-state index contributed by atoms with van der Waals surface area (Å²) in [4.78, 5) is 7.74. The number of guanidine groups is 1. The number of nitrogens with one attached hydrogen (secondary N) is 1. The lowest BCUT2D eigenvalue weighted by molar-refractivity contribution is 0.477. The average molecular weight is 386 g/mol. The van der Waals surface area contributed by atoms with Crippen molar-refractivity contribution in [1.82, 2.24) is 10.2 Å². The highest BCUT2D eigenvalue weighted by molar-refractivity contribution is 7.98. The van der Waals surface area contributed by atoms with Crippen LogP contribution in [0.1, 0.15) is 33.3 Å². The molecule has 1 rings (SSSR count). The fourth-order valence-corrected chi connectivity index (χ4v) is 3.48. The summed E-state index contributed by atoms with van der Waals surface area (Å²) in [6.45, 7) is 8.89. The molecule has 1 aromatic rings. The monoisotopic (exact) mass is 385 g/mol. The van der Waals surface area contributed by atoms with E-state index in [2.05, 4.69) is 40.8 Å². The lowest BCUT2D eigenvalue weighted by atomic mass is 10.2. The molecule has 1 N–H and O–H groups in total. The largest absolute Gasteiger partial charge is 0.357 e. The van der Waals surface area contributed by atoms with Crippen LogP contribution in [0.4, 0.5) is 0 Å². The van der Waals surface area contributed by atoms with Crippen molar-refractivity contribution in [3.63, 3.8) is 0 Å². The predicted molar refractivity (Wildman–Crippen MR) is 109 cm³/mol. The van der Waals surface area contributed by atoms with Gasteiger partial charge in [0.05, 0.1) is 17.0 Å². The number of nitrogens with zero attached hydrogens (tertiary/aromatic N) is 2. The highest BCUT2D eigenvalue weighted by Crippen LogP contribution is 2.16. The van der Waals surface area contributed by atoms with Crippen LogP contribution in [0.15, 0.2) is 34.2 Å². The highest BCUT2D eigenvalue weighted by atomic mass is 32.2. The summed E-state index contributed by atoms with van der Waals surface area (Å²) < 4.78 is 23.7. The predicted octanol–water partition coefficient (Wildman–Crippen LogP) is 3.02. The Bertz CT molecular complexity index is 663. The topological polar surface area (TPSA) is 61.8 Å². The van der Waals surface area contributed by atoms with Gasteiger partial charge in [-0.25, -0.2) is 8.42 Å². The molecule has 1 aromatic carbocycles. The second-order valence-electron chi connectivity index (χ2n) is 6.87. The van der Waals surface area contributed by atoms with Gasteiger partial charge >= 0.3 is 0 Å². The molecule has 0 atom stereocenters. The van der Waals surface area contributed by atoms with Gasteiger partial charge < -0.3 is 10.2 Å². The second-order valence-corrected chi connectivity index (χ2v) is 10.6. The zero-order valence-corrected chi connectivity index (χ0v) is 17.8. The average Bonchev–Trinajstić information content (AvgIpc) is 2.53. The van der Waals surface area contributed by atoms with E-state index < -0.39 is 14.6 Å². The van der Waals surface area contributed by atoms with Gasteiger partial charge in [-0.1, -0.05) is 12.1 Å². The van der Waals surface area contributed by atoms with E-state index in [1.165, 1.54) is 10.5 Å². The molecule has 0 heterocycles. The molecule has 0 bridgehead atoms. The minimum Gasteiger partial charge on any atom is -0.357 e. The fraction of sp³-hybridized carbons (Fsp3) is 0.611. The highest BCUT2D eigenvalue weighted by Gasteiger charge is 2.28. The van der Waals surface area contributed by atoms with E-state index in [1.807, 2.05) is 18.9 Å². The van der Waals surface area contributed by atoms with Crippen molar-refractivity contribution >= 4 is 27.6 Å². The maximum Gasteiger partial charge on any atom is 0.193 e. The van der Waals surface area contributed by atoms with E-state index in [9.17, 15) is 8.42 Å². The summed E-state index contributed by atoms with van der Waals surface area (Å²) >= 11 is 1.72. The third-order valence-corrected chi connectivity index (χ3v) is 7.16. The van der Waals surface area contributed by atoms with Crippen LogP contribution < -0.4 is 5.32 Å². The van der Waals surface area contributed by atoms with Gasteiger partial charge in [0, 0.05) is 25.0 Å².